The molecule has 7 heteroatoms. The number of nitrogens with two attached hydrogens (primary N) is 1. The Bertz CT molecular complexity index is 679. The van der Waals surface area contributed by atoms with E-state index in [9.17, 15) is 9.18 Å². The van der Waals surface area contributed by atoms with Crippen LogP contribution in [0, 0.1) is 5.82 Å². The molecule has 4 N–H and O–H groups in total. The van der Waals surface area contributed by atoms with Gasteiger partial charge in [0.05, 0.1) is 18.4 Å². The van der Waals surface area contributed by atoms with Crippen molar-refractivity contribution in [3.8, 4) is 5.75 Å². The highest BCUT2D eigenvalue weighted by molar-refractivity contribution is 6.31. The minimum atomic E-state index is -0.512. The lowest BCUT2D eigenvalue weighted by atomic mass is 10.1. The summed E-state index contributed by atoms with van der Waals surface area (Å²) in [7, 11) is 1.34. The van der Waals surface area contributed by atoms with Crippen molar-refractivity contribution in [3.63, 3.8) is 0 Å². The van der Waals surface area contributed by atoms with Crippen LogP contribution in [0.5, 0.6) is 5.75 Å². The van der Waals surface area contributed by atoms with E-state index in [1.165, 1.54) is 31.4 Å². The second-order valence-corrected chi connectivity index (χ2v) is 4.57. The van der Waals surface area contributed by atoms with E-state index in [0.29, 0.717) is 16.4 Å². The molecule has 0 atom stereocenters. The second kappa shape index (κ2) is 6.43. The van der Waals surface area contributed by atoms with E-state index in [1.54, 1.807) is 12.1 Å². The summed E-state index contributed by atoms with van der Waals surface area (Å²) in [5.74, 6) is 4.45. The van der Waals surface area contributed by atoms with Crippen molar-refractivity contribution in [3.05, 3.63) is 52.8 Å². The predicted molar refractivity (Wildman–Crippen MR) is 80.2 cm³/mol. The summed E-state index contributed by atoms with van der Waals surface area (Å²) in [6, 6.07) is 8.68. The minimum absolute atomic E-state index is 0.0380. The Balaban J connectivity index is 2.28. The van der Waals surface area contributed by atoms with Gasteiger partial charge in [-0.05, 0) is 30.3 Å². The lowest BCUT2D eigenvalue weighted by Crippen LogP contribution is -2.17. The number of amides is 1. The highest BCUT2D eigenvalue weighted by Crippen LogP contribution is 2.24. The van der Waals surface area contributed by atoms with E-state index in [0.717, 1.165) is 0 Å². The average molecular weight is 310 g/mol. The van der Waals surface area contributed by atoms with E-state index >= 15 is 0 Å². The molecule has 110 valence electrons. The van der Waals surface area contributed by atoms with Crippen molar-refractivity contribution < 1.29 is 13.9 Å². The summed E-state index contributed by atoms with van der Waals surface area (Å²) in [6.45, 7) is 0. The Morgan fingerprint density at radius 3 is 2.71 bits per heavy atom. The highest BCUT2D eigenvalue weighted by Gasteiger charge is 2.13. The number of halogens is 2. The quantitative estimate of drug-likeness (QED) is 0.599. The molecule has 0 aromatic heterocycles. The van der Waals surface area contributed by atoms with Gasteiger partial charge in [-0.15, -0.1) is 0 Å². The summed E-state index contributed by atoms with van der Waals surface area (Å²) in [5, 5.41) is 3.02. The number of nitrogens with one attached hydrogen (secondary N) is 2. The van der Waals surface area contributed by atoms with Crippen molar-refractivity contribution in [1.82, 2.24) is 0 Å². The van der Waals surface area contributed by atoms with E-state index in [2.05, 4.69) is 10.7 Å². The highest BCUT2D eigenvalue weighted by atomic mass is 35.5. The second-order valence-electron chi connectivity index (χ2n) is 4.14. The molecule has 0 unspecified atom stereocenters. The maximum Gasteiger partial charge on any atom is 0.257 e. The number of hydrogen-bond donors (Lipinski definition) is 3. The molecule has 2 rings (SSSR count). The minimum Gasteiger partial charge on any atom is -0.494 e. The molecule has 0 saturated carbocycles. The van der Waals surface area contributed by atoms with Gasteiger partial charge in [0.25, 0.3) is 5.91 Å². The number of methoxy groups -OCH3 is 1. The summed E-state index contributed by atoms with van der Waals surface area (Å²) >= 11 is 5.87. The average Bonchev–Trinajstić information content (AvgIpc) is 2.49. The number of nitrogen functional groups attached to an aromatic ring is 1. The molecule has 0 radical (unpaired) electrons. The van der Waals surface area contributed by atoms with Gasteiger partial charge in [-0.1, -0.05) is 11.6 Å². The van der Waals surface area contributed by atoms with Gasteiger partial charge in [0, 0.05) is 16.8 Å². The monoisotopic (exact) mass is 309 g/mol. The number of hydrogen-bond acceptors (Lipinski definition) is 4. The van der Waals surface area contributed by atoms with Gasteiger partial charge in [-0.25, -0.2) is 4.39 Å². The van der Waals surface area contributed by atoms with Gasteiger partial charge in [-0.3, -0.25) is 10.6 Å². The molecule has 21 heavy (non-hydrogen) atoms. The third-order valence-electron chi connectivity index (χ3n) is 2.79. The fourth-order valence-corrected chi connectivity index (χ4v) is 1.94. The van der Waals surface area contributed by atoms with Crippen LogP contribution in [0.2, 0.25) is 5.02 Å². The number of anilines is 2. The van der Waals surface area contributed by atoms with Crippen LogP contribution in [0.3, 0.4) is 0 Å². The maximum atomic E-state index is 13.3. The van der Waals surface area contributed by atoms with Crippen LogP contribution in [0.4, 0.5) is 15.8 Å². The largest absolute Gasteiger partial charge is 0.494 e. The van der Waals surface area contributed by atoms with E-state index in [-0.39, 0.29) is 11.3 Å². The van der Waals surface area contributed by atoms with Crippen LogP contribution in [0.15, 0.2) is 36.4 Å². The summed E-state index contributed by atoms with van der Waals surface area (Å²) in [6.07, 6.45) is 0. The van der Waals surface area contributed by atoms with Crippen LogP contribution in [-0.4, -0.2) is 13.0 Å². The standard InChI is InChI=1S/C14H13ClFN3O2/c1-21-13-7-9(3-4-11(13)16)18-14(20)10-6-8(15)2-5-12(10)19-17/h2-7,19H,17H2,1H3,(H,18,20). The zero-order chi connectivity index (χ0) is 15.4. The molecule has 0 saturated heterocycles. The van der Waals surface area contributed by atoms with Gasteiger partial charge < -0.3 is 15.5 Å². The first-order valence-corrected chi connectivity index (χ1v) is 6.34. The first-order valence-electron chi connectivity index (χ1n) is 5.96. The number of carbonyl (C=O) groups excluding carboxylic acids is 1. The lowest BCUT2D eigenvalue weighted by molar-refractivity contribution is 0.102. The Labute approximate surface area is 125 Å². The molecule has 0 aliphatic rings. The van der Waals surface area contributed by atoms with Gasteiger partial charge in [0.15, 0.2) is 11.6 Å². The molecule has 0 spiro atoms. The first-order chi connectivity index (χ1) is 10.0. The van der Waals surface area contributed by atoms with E-state index in [1.807, 2.05) is 0 Å². The summed E-state index contributed by atoms with van der Waals surface area (Å²) < 4.78 is 18.2. The molecule has 0 heterocycles. The Morgan fingerprint density at radius 1 is 1.29 bits per heavy atom. The van der Waals surface area contributed by atoms with Crippen molar-refractivity contribution in [2.75, 3.05) is 17.9 Å². The zero-order valence-electron chi connectivity index (χ0n) is 11.1. The third kappa shape index (κ3) is 3.42. The Hall–Kier alpha value is -2.31. The smallest absolute Gasteiger partial charge is 0.257 e. The predicted octanol–water partition coefficient (Wildman–Crippen LogP) is 3.03. The fourth-order valence-electron chi connectivity index (χ4n) is 1.77. The molecule has 2 aromatic rings. The van der Waals surface area contributed by atoms with E-state index in [4.69, 9.17) is 22.2 Å². The number of ether oxygens (including phenoxy) is 1. The van der Waals surface area contributed by atoms with Crippen LogP contribution >= 0.6 is 11.6 Å². The molecule has 5 nitrogen and oxygen atoms in total. The Kier molecular flexibility index (Phi) is 4.62. The lowest BCUT2D eigenvalue weighted by Gasteiger charge is -2.11. The summed E-state index contributed by atoms with van der Waals surface area (Å²) in [5.41, 5.74) is 3.50. The van der Waals surface area contributed by atoms with Crippen LogP contribution in [0.25, 0.3) is 0 Å². The fraction of sp³-hybridized carbons (Fsp3) is 0.0714. The number of benzene rings is 2. The van der Waals surface area contributed by atoms with Crippen LogP contribution in [-0.2, 0) is 0 Å². The SMILES string of the molecule is COc1cc(NC(=O)c2cc(Cl)ccc2NN)ccc1F. The number of rotatable bonds is 4. The third-order valence-corrected chi connectivity index (χ3v) is 3.03. The van der Waals surface area contributed by atoms with Crippen molar-refractivity contribution in [2.45, 2.75) is 0 Å². The van der Waals surface area contributed by atoms with Crippen molar-refractivity contribution in [1.29, 1.82) is 0 Å². The zero-order valence-corrected chi connectivity index (χ0v) is 11.9. The molecular weight excluding hydrogens is 297 g/mol. The van der Waals surface area contributed by atoms with Gasteiger partial charge in [0.1, 0.15) is 0 Å². The topological polar surface area (TPSA) is 76.4 Å². The van der Waals surface area contributed by atoms with Crippen molar-refractivity contribution in [2.24, 2.45) is 5.84 Å². The summed E-state index contributed by atoms with van der Waals surface area (Å²) in [4.78, 5) is 12.2. The van der Waals surface area contributed by atoms with Gasteiger partial charge >= 0.3 is 0 Å². The number of carbonyl (C=O) groups is 1. The molecule has 0 aliphatic carbocycles. The first kappa shape index (κ1) is 15.1. The van der Waals surface area contributed by atoms with Gasteiger partial charge in [0.2, 0.25) is 0 Å². The molecule has 0 fully saturated rings. The molecule has 0 aliphatic heterocycles. The number of hydrazine groups is 1. The molecule has 2 aromatic carbocycles. The molecular formula is C14H13ClFN3O2. The van der Waals surface area contributed by atoms with E-state index < -0.39 is 11.7 Å². The normalized spacial score (nSPS) is 10.1. The van der Waals surface area contributed by atoms with Crippen LogP contribution in [0.1, 0.15) is 10.4 Å². The molecule has 0 bridgehead atoms. The maximum absolute atomic E-state index is 13.3. The van der Waals surface area contributed by atoms with Gasteiger partial charge in [-0.2, -0.15) is 0 Å². The van der Waals surface area contributed by atoms with Crippen molar-refractivity contribution >= 4 is 28.9 Å². The Morgan fingerprint density at radius 2 is 2.05 bits per heavy atom. The van der Waals surface area contributed by atoms with Crippen LogP contribution < -0.4 is 21.3 Å². The molecule has 1 amide bonds.